The predicted octanol–water partition coefficient (Wildman–Crippen LogP) is 4.08. The van der Waals surface area contributed by atoms with Crippen LogP contribution in [0.25, 0.3) is 0 Å². The quantitative estimate of drug-likeness (QED) is 0.181. The molecule has 0 aliphatic carbocycles. The summed E-state index contributed by atoms with van der Waals surface area (Å²) in [4.78, 5) is 12.2. The number of thioether (sulfide) groups is 1. The number of hydrazone groups is 1. The zero-order valence-corrected chi connectivity index (χ0v) is 19.3. The van der Waals surface area contributed by atoms with E-state index in [1.807, 2.05) is 55.5 Å². The Hall–Kier alpha value is -2.37. The summed E-state index contributed by atoms with van der Waals surface area (Å²) in [5.74, 6) is 6.24. The maximum atomic E-state index is 12.2. The lowest BCUT2D eigenvalue weighted by atomic mass is 10.1. The fraction of sp³-hybridized carbons (Fsp3) is 0.111. The number of rotatable bonds is 7. The molecule has 0 saturated carbocycles. The third-order valence-electron chi connectivity index (χ3n) is 3.73. The highest BCUT2D eigenvalue weighted by molar-refractivity contribution is 9.10. The Kier molecular flexibility index (Phi) is 7.29. The van der Waals surface area contributed by atoms with Gasteiger partial charge in [0, 0.05) is 8.95 Å². The van der Waals surface area contributed by atoms with Gasteiger partial charge in [-0.05, 0) is 52.7 Å². The molecule has 0 unspecified atom stereocenters. The van der Waals surface area contributed by atoms with Gasteiger partial charge in [-0.3, -0.25) is 4.79 Å². The maximum absolute atomic E-state index is 12.2. The van der Waals surface area contributed by atoms with Crippen LogP contribution in [0.5, 0.6) is 0 Å². The molecular weight excluding hydrogens is 522 g/mol. The second kappa shape index (κ2) is 9.90. The molecule has 4 N–H and O–H groups in total. The van der Waals surface area contributed by atoms with Gasteiger partial charge in [0.1, 0.15) is 0 Å². The molecule has 1 aromatic heterocycles. The van der Waals surface area contributed by atoms with Crippen molar-refractivity contribution >= 4 is 66.9 Å². The average molecular weight is 539 g/mol. The van der Waals surface area contributed by atoms with Crippen molar-refractivity contribution in [3.8, 4) is 0 Å². The van der Waals surface area contributed by atoms with Gasteiger partial charge in [-0.25, -0.2) is 10.1 Å². The molecule has 0 atom stereocenters. The summed E-state index contributed by atoms with van der Waals surface area (Å²) in [6.45, 7) is 1.87. The van der Waals surface area contributed by atoms with E-state index in [2.05, 4.69) is 57.9 Å². The Bertz CT molecular complexity index is 1040. The lowest BCUT2D eigenvalue weighted by molar-refractivity contribution is -0.113. The number of benzene rings is 2. The Morgan fingerprint density at radius 3 is 2.62 bits per heavy atom. The second-order valence-corrected chi connectivity index (χ2v) is 8.52. The van der Waals surface area contributed by atoms with Gasteiger partial charge in [-0.2, -0.15) is 5.10 Å². The summed E-state index contributed by atoms with van der Waals surface area (Å²) in [6, 6.07) is 15.2. The van der Waals surface area contributed by atoms with Crippen LogP contribution >= 0.6 is 43.6 Å². The summed E-state index contributed by atoms with van der Waals surface area (Å²) in [5.41, 5.74) is 5.23. The van der Waals surface area contributed by atoms with Gasteiger partial charge in [-0.1, -0.05) is 52.0 Å². The van der Waals surface area contributed by atoms with E-state index in [4.69, 9.17) is 5.84 Å². The third-order valence-corrected chi connectivity index (χ3v) is 5.89. The van der Waals surface area contributed by atoms with Gasteiger partial charge in [0.05, 0.1) is 17.2 Å². The minimum atomic E-state index is -0.177. The number of amides is 1. The molecule has 8 nitrogen and oxygen atoms in total. The smallest absolute Gasteiger partial charge is 0.264 e. The first-order valence-electron chi connectivity index (χ1n) is 8.38. The molecule has 1 heterocycles. The number of nitrogens with zero attached hydrogens (tertiary/aromatic N) is 4. The first-order valence-corrected chi connectivity index (χ1v) is 10.9. The molecule has 0 saturated heterocycles. The van der Waals surface area contributed by atoms with E-state index in [1.54, 1.807) is 0 Å². The minimum absolute atomic E-state index is 0.137. The number of aromatic nitrogens is 3. The molecule has 0 fully saturated rings. The van der Waals surface area contributed by atoms with E-state index in [-0.39, 0.29) is 17.6 Å². The van der Waals surface area contributed by atoms with Gasteiger partial charge >= 0.3 is 0 Å². The standard InChI is InChI=1S/C18H17Br2N7OS/c1-11(12-6-8-13(19)9-7-12)23-24-17-25-26-18(27(17)21)29-10-16(28)22-15-5-3-2-4-14(15)20/h2-9H,10,21H2,1H3,(H,22,28)(H,24,25)/b23-11+. The van der Waals surface area contributed by atoms with E-state index in [9.17, 15) is 4.79 Å². The lowest BCUT2D eigenvalue weighted by Crippen LogP contribution is -2.17. The Morgan fingerprint density at radius 1 is 1.17 bits per heavy atom. The van der Waals surface area contributed by atoms with Crippen LogP contribution in [0.15, 0.2) is 67.7 Å². The topological polar surface area (TPSA) is 110 Å². The van der Waals surface area contributed by atoms with Crippen molar-refractivity contribution in [2.75, 3.05) is 22.3 Å². The molecule has 0 radical (unpaired) electrons. The molecule has 29 heavy (non-hydrogen) atoms. The maximum Gasteiger partial charge on any atom is 0.264 e. The van der Waals surface area contributed by atoms with E-state index in [1.165, 1.54) is 16.4 Å². The number of nitrogens with one attached hydrogen (secondary N) is 2. The van der Waals surface area contributed by atoms with E-state index in [0.29, 0.717) is 10.8 Å². The monoisotopic (exact) mass is 537 g/mol. The molecule has 11 heteroatoms. The van der Waals surface area contributed by atoms with Crippen molar-refractivity contribution in [2.45, 2.75) is 12.1 Å². The molecule has 0 spiro atoms. The van der Waals surface area contributed by atoms with Crippen molar-refractivity contribution in [1.82, 2.24) is 14.9 Å². The van der Waals surface area contributed by atoms with Crippen LogP contribution in [-0.4, -0.2) is 32.2 Å². The van der Waals surface area contributed by atoms with Crippen LogP contribution in [0, 0.1) is 0 Å². The van der Waals surface area contributed by atoms with Crippen LogP contribution in [0.1, 0.15) is 12.5 Å². The van der Waals surface area contributed by atoms with Crippen molar-refractivity contribution in [1.29, 1.82) is 0 Å². The van der Waals surface area contributed by atoms with Crippen molar-refractivity contribution in [2.24, 2.45) is 5.10 Å². The number of nitrogens with two attached hydrogens (primary N) is 1. The van der Waals surface area contributed by atoms with E-state index < -0.39 is 0 Å². The fourth-order valence-electron chi connectivity index (χ4n) is 2.22. The van der Waals surface area contributed by atoms with Gasteiger partial charge in [0.15, 0.2) is 0 Å². The fourth-order valence-corrected chi connectivity index (χ4v) is 3.52. The first kappa shape index (κ1) is 21.3. The van der Waals surface area contributed by atoms with Gasteiger partial charge < -0.3 is 11.2 Å². The molecular formula is C18H17Br2N7OS. The Labute approximate surface area is 188 Å². The molecule has 150 valence electrons. The summed E-state index contributed by atoms with van der Waals surface area (Å²) < 4.78 is 3.06. The molecule has 2 aromatic carbocycles. The van der Waals surface area contributed by atoms with Gasteiger partial charge in [0.25, 0.3) is 5.95 Å². The highest BCUT2D eigenvalue weighted by Gasteiger charge is 2.13. The zero-order chi connectivity index (χ0) is 20.8. The van der Waals surface area contributed by atoms with Crippen molar-refractivity contribution in [3.63, 3.8) is 0 Å². The van der Waals surface area contributed by atoms with Crippen molar-refractivity contribution in [3.05, 3.63) is 63.0 Å². The molecule has 1 amide bonds. The number of anilines is 2. The third kappa shape index (κ3) is 5.81. The minimum Gasteiger partial charge on any atom is -0.334 e. The second-order valence-electron chi connectivity index (χ2n) is 5.81. The number of carbonyl (C=O) groups is 1. The summed E-state index contributed by atoms with van der Waals surface area (Å²) in [7, 11) is 0. The average Bonchev–Trinajstić information content (AvgIpc) is 3.06. The van der Waals surface area contributed by atoms with Crippen LogP contribution in [0.2, 0.25) is 0 Å². The van der Waals surface area contributed by atoms with Crippen molar-refractivity contribution < 1.29 is 4.79 Å². The van der Waals surface area contributed by atoms with Crippen LogP contribution < -0.4 is 16.6 Å². The summed E-state index contributed by atoms with van der Waals surface area (Å²) in [6.07, 6.45) is 0. The van der Waals surface area contributed by atoms with Crippen LogP contribution in [0.4, 0.5) is 11.6 Å². The zero-order valence-electron chi connectivity index (χ0n) is 15.3. The summed E-state index contributed by atoms with van der Waals surface area (Å²) in [5, 5.41) is 15.5. The number of hydrogen-bond acceptors (Lipinski definition) is 7. The van der Waals surface area contributed by atoms with Crippen LogP contribution in [0.3, 0.4) is 0 Å². The number of hydrogen-bond donors (Lipinski definition) is 3. The largest absolute Gasteiger partial charge is 0.334 e. The Morgan fingerprint density at radius 2 is 1.90 bits per heavy atom. The number of nitrogen functional groups attached to an aromatic ring is 1. The summed E-state index contributed by atoms with van der Waals surface area (Å²) >= 11 is 7.97. The highest BCUT2D eigenvalue weighted by atomic mass is 79.9. The molecule has 0 aliphatic heterocycles. The van der Waals surface area contributed by atoms with Gasteiger partial charge in [-0.15, -0.1) is 10.2 Å². The predicted molar refractivity (Wildman–Crippen MR) is 124 cm³/mol. The number of carbonyl (C=O) groups excluding carboxylic acids is 1. The molecule has 0 bridgehead atoms. The molecule has 3 aromatic rings. The first-order chi connectivity index (χ1) is 13.9. The van der Waals surface area contributed by atoms with E-state index >= 15 is 0 Å². The highest BCUT2D eigenvalue weighted by Crippen LogP contribution is 2.22. The van der Waals surface area contributed by atoms with Gasteiger partial charge in [0.2, 0.25) is 11.1 Å². The SMILES string of the molecule is C/C(=N\Nc1nnc(SCC(=O)Nc2ccccc2Br)n1N)c1ccc(Br)cc1. The number of para-hydroxylation sites is 1. The molecule has 3 rings (SSSR count). The Balaban J connectivity index is 1.57. The molecule has 0 aliphatic rings. The van der Waals surface area contributed by atoms with E-state index in [0.717, 1.165) is 20.2 Å². The normalized spacial score (nSPS) is 11.3. The van der Waals surface area contributed by atoms with Crippen LogP contribution in [-0.2, 0) is 4.79 Å². The lowest BCUT2D eigenvalue weighted by Gasteiger charge is -2.07. The number of halogens is 2.